The summed E-state index contributed by atoms with van der Waals surface area (Å²) in [6.45, 7) is 1.88. The van der Waals surface area contributed by atoms with Crippen molar-refractivity contribution in [3.63, 3.8) is 0 Å². The van der Waals surface area contributed by atoms with Crippen molar-refractivity contribution in [1.82, 2.24) is 4.98 Å². The zero-order chi connectivity index (χ0) is 12.8. The first-order valence-corrected chi connectivity index (χ1v) is 6.41. The highest BCUT2D eigenvalue weighted by Gasteiger charge is 2.44. The zero-order valence-electron chi connectivity index (χ0n) is 10.4. The van der Waals surface area contributed by atoms with Crippen LogP contribution in [0.25, 0.3) is 0 Å². The Kier molecular flexibility index (Phi) is 2.43. The van der Waals surface area contributed by atoms with Crippen LogP contribution in [0.15, 0.2) is 12.1 Å². The Labute approximate surface area is 106 Å². The summed E-state index contributed by atoms with van der Waals surface area (Å²) in [5.74, 6) is 0.643. The molecule has 1 saturated carbocycles. The number of nitrogens with two attached hydrogens (primary N) is 2. The minimum atomic E-state index is -0.441. The Morgan fingerprint density at radius 2 is 1.89 bits per heavy atom. The normalized spacial score (nSPS) is 21.0. The van der Waals surface area contributed by atoms with Crippen LogP contribution >= 0.6 is 0 Å². The summed E-state index contributed by atoms with van der Waals surface area (Å²) in [5, 5.41) is 0. The molecule has 0 bridgehead atoms. The molecule has 1 aromatic heterocycles. The van der Waals surface area contributed by atoms with Gasteiger partial charge in [0.05, 0.1) is 5.56 Å². The van der Waals surface area contributed by atoms with Crippen LogP contribution in [0.1, 0.15) is 36.0 Å². The molecule has 18 heavy (non-hydrogen) atoms. The number of pyridine rings is 1. The highest BCUT2D eigenvalue weighted by molar-refractivity contribution is 5.98. The molecule has 1 spiro atoms. The summed E-state index contributed by atoms with van der Waals surface area (Å²) in [4.78, 5) is 17.9. The third-order valence-electron chi connectivity index (χ3n) is 4.24. The molecule has 0 radical (unpaired) electrons. The smallest absolute Gasteiger partial charge is 0.252 e. The maximum Gasteiger partial charge on any atom is 0.252 e. The van der Waals surface area contributed by atoms with Crippen molar-refractivity contribution in [2.24, 2.45) is 11.1 Å². The van der Waals surface area contributed by atoms with Crippen LogP contribution in [0.2, 0.25) is 0 Å². The van der Waals surface area contributed by atoms with E-state index in [0.29, 0.717) is 22.6 Å². The van der Waals surface area contributed by atoms with Gasteiger partial charge in [0.25, 0.3) is 5.91 Å². The van der Waals surface area contributed by atoms with E-state index >= 15 is 0 Å². The molecule has 96 valence electrons. The van der Waals surface area contributed by atoms with Crippen LogP contribution in [0.4, 0.5) is 11.6 Å². The van der Waals surface area contributed by atoms with E-state index < -0.39 is 5.91 Å². The number of hydrogen-bond donors (Lipinski definition) is 2. The highest BCUT2D eigenvalue weighted by Crippen LogP contribution is 2.53. The number of piperidine rings is 1. The van der Waals surface area contributed by atoms with Gasteiger partial charge >= 0.3 is 0 Å². The van der Waals surface area contributed by atoms with E-state index in [1.807, 2.05) is 0 Å². The summed E-state index contributed by atoms with van der Waals surface area (Å²) < 4.78 is 0. The van der Waals surface area contributed by atoms with Gasteiger partial charge in [-0.25, -0.2) is 4.98 Å². The molecule has 0 unspecified atom stereocenters. The Bertz CT molecular complexity index is 486. The predicted octanol–water partition coefficient (Wildman–Crippen LogP) is 1.14. The fraction of sp³-hybridized carbons (Fsp3) is 0.538. The largest absolute Gasteiger partial charge is 0.384 e. The Morgan fingerprint density at radius 3 is 2.44 bits per heavy atom. The summed E-state index contributed by atoms with van der Waals surface area (Å²) in [7, 11) is 0. The lowest BCUT2D eigenvalue weighted by Crippen LogP contribution is -2.36. The average Bonchev–Trinajstić information content (AvgIpc) is 3.09. The minimum Gasteiger partial charge on any atom is -0.384 e. The maximum atomic E-state index is 11.4. The molecule has 5 heteroatoms. The molecule has 5 nitrogen and oxygen atoms in total. The lowest BCUT2D eigenvalue weighted by atomic mass is 9.93. The van der Waals surface area contributed by atoms with Crippen molar-refractivity contribution >= 4 is 17.5 Å². The van der Waals surface area contributed by atoms with Gasteiger partial charge in [0.1, 0.15) is 11.6 Å². The van der Waals surface area contributed by atoms with E-state index in [9.17, 15) is 4.79 Å². The fourth-order valence-corrected chi connectivity index (χ4v) is 2.77. The molecule has 0 atom stereocenters. The number of amides is 1. The van der Waals surface area contributed by atoms with Gasteiger partial charge in [-0.3, -0.25) is 4.79 Å². The molecule has 1 saturated heterocycles. The third-order valence-corrected chi connectivity index (χ3v) is 4.24. The van der Waals surface area contributed by atoms with Gasteiger partial charge in [0, 0.05) is 13.1 Å². The third kappa shape index (κ3) is 1.89. The predicted molar refractivity (Wildman–Crippen MR) is 70.3 cm³/mol. The van der Waals surface area contributed by atoms with E-state index in [0.717, 1.165) is 13.1 Å². The van der Waals surface area contributed by atoms with Crippen molar-refractivity contribution in [2.75, 3.05) is 23.7 Å². The summed E-state index contributed by atoms with van der Waals surface area (Å²) in [6, 6.07) is 3.29. The maximum absolute atomic E-state index is 11.4. The number of rotatable bonds is 2. The van der Waals surface area contributed by atoms with Crippen LogP contribution in [0, 0.1) is 5.41 Å². The van der Waals surface area contributed by atoms with Crippen LogP contribution in [-0.4, -0.2) is 24.0 Å². The van der Waals surface area contributed by atoms with Crippen molar-refractivity contribution in [3.8, 4) is 0 Å². The lowest BCUT2D eigenvalue weighted by molar-refractivity contribution is 0.100. The molecule has 1 aromatic rings. The molecule has 2 aliphatic rings. The molecule has 1 aliphatic carbocycles. The summed E-state index contributed by atoms with van der Waals surface area (Å²) >= 11 is 0. The van der Waals surface area contributed by atoms with Gasteiger partial charge < -0.3 is 16.4 Å². The molecule has 1 aliphatic heterocycles. The lowest BCUT2D eigenvalue weighted by Gasteiger charge is -2.33. The number of nitrogens with zero attached hydrogens (tertiary/aromatic N) is 2. The fourth-order valence-electron chi connectivity index (χ4n) is 2.77. The van der Waals surface area contributed by atoms with Gasteiger partial charge in [-0.2, -0.15) is 0 Å². The van der Waals surface area contributed by atoms with Gasteiger partial charge in [-0.05, 0) is 43.2 Å². The van der Waals surface area contributed by atoms with E-state index in [4.69, 9.17) is 11.5 Å². The average molecular weight is 246 g/mol. The molecular formula is C13H18N4O. The first kappa shape index (κ1) is 11.3. The van der Waals surface area contributed by atoms with Gasteiger partial charge in [0.2, 0.25) is 0 Å². The second-order valence-corrected chi connectivity index (χ2v) is 5.46. The van der Waals surface area contributed by atoms with E-state index in [-0.39, 0.29) is 0 Å². The van der Waals surface area contributed by atoms with Crippen LogP contribution in [0.5, 0.6) is 0 Å². The van der Waals surface area contributed by atoms with Crippen LogP contribution in [-0.2, 0) is 0 Å². The second kappa shape index (κ2) is 3.86. The van der Waals surface area contributed by atoms with Crippen LogP contribution in [0.3, 0.4) is 0 Å². The standard InChI is InChI=1S/C13H18N4O/c14-10-2-1-9(11(15)18)12(16-10)17-7-5-13(3-4-13)6-8-17/h1-2H,3-8H2,(H2,14,16)(H2,15,18). The number of hydrogen-bond acceptors (Lipinski definition) is 4. The quantitative estimate of drug-likeness (QED) is 0.819. The van der Waals surface area contributed by atoms with Crippen molar-refractivity contribution < 1.29 is 4.79 Å². The Balaban J connectivity index is 1.86. The number of carbonyl (C=O) groups is 1. The number of anilines is 2. The SMILES string of the molecule is NC(=O)c1ccc(N)nc1N1CCC2(CC1)CC2. The number of aromatic nitrogens is 1. The summed E-state index contributed by atoms with van der Waals surface area (Å²) in [6.07, 6.45) is 5.07. The molecule has 3 rings (SSSR count). The van der Waals surface area contributed by atoms with Gasteiger partial charge in [0.15, 0.2) is 0 Å². The van der Waals surface area contributed by atoms with Gasteiger partial charge in [-0.15, -0.1) is 0 Å². The van der Waals surface area contributed by atoms with Crippen LogP contribution < -0.4 is 16.4 Å². The van der Waals surface area contributed by atoms with E-state index in [2.05, 4.69) is 9.88 Å². The number of primary amides is 1. The zero-order valence-corrected chi connectivity index (χ0v) is 10.4. The van der Waals surface area contributed by atoms with Gasteiger partial charge in [-0.1, -0.05) is 0 Å². The minimum absolute atomic E-state index is 0.432. The number of carbonyl (C=O) groups excluding carboxylic acids is 1. The topological polar surface area (TPSA) is 85.2 Å². The van der Waals surface area contributed by atoms with E-state index in [1.54, 1.807) is 12.1 Å². The summed E-state index contributed by atoms with van der Waals surface area (Å²) in [5.41, 5.74) is 12.2. The highest BCUT2D eigenvalue weighted by atomic mass is 16.1. The van der Waals surface area contributed by atoms with Crippen molar-refractivity contribution in [2.45, 2.75) is 25.7 Å². The van der Waals surface area contributed by atoms with Crippen molar-refractivity contribution in [3.05, 3.63) is 17.7 Å². The Morgan fingerprint density at radius 1 is 1.22 bits per heavy atom. The first-order chi connectivity index (χ1) is 8.60. The molecule has 0 aromatic carbocycles. The first-order valence-electron chi connectivity index (χ1n) is 6.41. The molecule has 4 N–H and O–H groups in total. The molecular weight excluding hydrogens is 228 g/mol. The molecule has 2 fully saturated rings. The number of nitrogen functional groups attached to an aromatic ring is 1. The second-order valence-electron chi connectivity index (χ2n) is 5.46. The Hall–Kier alpha value is -1.78. The van der Waals surface area contributed by atoms with E-state index in [1.165, 1.54) is 25.7 Å². The van der Waals surface area contributed by atoms with Crippen molar-refractivity contribution in [1.29, 1.82) is 0 Å². The monoisotopic (exact) mass is 246 g/mol. The molecule has 1 amide bonds. The molecule has 2 heterocycles.